The lowest BCUT2D eigenvalue weighted by atomic mass is 9.69. The van der Waals surface area contributed by atoms with Gasteiger partial charge in [0, 0.05) is 22.5 Å². The highest BCUT2D eigenvalue weighted by Crippen LogP contribution is 2.65. The average molecular weight is 671 g/mol. The van der Waals surface area contributed by atoms with Crippen LogP contribution >= 0.6 is 0 Å². The van der Waals surface area contributed by atoms with E-state index in [4.69, 9.17) is 9.97 Å². The smallest absolute Gasteiger partial charge is 0.0972 e. The molecule has 2 heteroatoms. The van der Waals surface area contributed by atoms with E-state index in [1.807, 2.05) is 12.3 Å². The van der Waals surface area contributed by atoms with E-state index in [0.717, 1.165) is 33.1 Å². The van der Waals surface area contributed by atoms with Crippen molar-refractivity contribution in [3.05, 3.63) is 204 Å². The van der Waals surface area contributed by atoms with Gasteiger partial charge in [-0.05, 0) is 95.4 Å². The van der Waals surface area contributed by atoms with Gasteiger partial charge >= 0.3 is 0 Å². The van der Waals surface area contributed by atoms with E-state index in [-0.39, 0.29) is 0 Å². The summed E-state index contributed by atoms with van der Waals surface area (Å²) in [5, 5.41) is 7.25. The number of pyridine rings is 2. The van der Waals surface area contributed by atoms with Crippen molar-refractivity contribution in [2.24, 2.45) is 0 Å². The molecule has 0 N–H and O–H groups in total. The molecule has 0 aliphatic heterocycles. The molecule has 0 saturated carbocycles. The van der Waals surface area contributed by atoms with E-state index in [1.165, 1.54) is 77.2 Å². The molecule has 53 heavy (non-hydrogen) atoms. The molecule has 10 aromatic rings. The second kappa shape index (κ2) is 10.6. The molecule has 0 saturated heterocycles. The van der Waals surface area contributed by atoms with Gasteiger partial charge in [0.1, 0.15) is 0 Å². The van der Waals surface area contributed by atoms with Crippen molar-refractivity contribution in [1.29, 1.82) is 0 Å². The van der Waals surface area contributed by atoms with E-state index in [2.05, 4.69) is 170 Å². The third kappa shape index (κ3) is 3.72. The maximum atomic E-state index is 5.35. The Morgan fingerprint density at radius 2 is 0.906 bits per heavy atom. The Kier molecular flexibility index (Phi) is 5.73. The minimum atomic E-state index is -0.471. The number of benzene rings is 8. The Balaban J connectivity index is 1.22. The molecule has 8 aromatic carbocycles. The fourth-order valence-corrected chi connectivity index (χ4v) is 9.79. The van der Waals surface area contributed by atoms with Crippen LogP contribution in [0, 0.1) is 0 Å². The number of hydrogen-bond acceptors (Lipinski definition) is 2. The van der Waals surface area contributed by atoms with Crippen molar-refractivity contribution < 1.29 is 0 Å². The monoisotopic (exact) mass is 670 g/mol. The van der Waals surface area contributed by atoms with Crippen LogP contribution in [0.1, 0.15) is 22.3 Å². The molecule has 2 aliphatic rings. The lowest BCUT2D eigenvalue weighted by Gasteiger charge is -2.31. The molecule has 2 nitrogen and oxygen atoms in total. The zero-order chi connectivity index (χ0) is 34.7. The molecule has 2 heterocycles. The van der Waals surface area contributed by atoms with E-state index >= 15 is 0 Å². The Morgan fingerprint density at radius 1 is 0.340 bits per heavy atom. The molecule has 0 radical (unpaired) electrons. The Hall–Kier alpha value is -6.90. The number of fused-ring (bicyclic) bond motifs is 17. The van der Waals surface area contributed by atoms with Crippen LogP contribution in [0.4, 0.5) is 0 Å². The van der Waals surface area contributed by atoms with Crippen LogP contribution in [0.3, 0.4) is 0 Å². The van der Waals surface area contributed by atoms with Gasteiger partial charge in [-0.2, -0.15) is 0 Å². The molecule has 0 amide bonds. The Bertz CT molecular complexity index is 3140. The van der Waals surface area contributed by atoms with Crippen molar-refractivity contribution in [1.82, 2.24) is 9.97 Å². The van der Waals surface area contributed by atoms with Gasteiger partial charge in [0.05, 0.1) is 22.1 Å². The lowest BCUT2D eigenvalue weighted by molar-refractivity contribution is 0.795. The van der Waals surface area contributed by atoms with Crippen molar-refractivity contribution in [3.63, 3.8) is 0 Å². The van der Waals surface area contributed by atoms with Crippen LogP contribution in [0.25, 0.3) is 88.0 Å². The van der Waals surface area contributed by atoms with Crippen molar-refractivity contribution >= 4 is 43.4 Å². The fraction of sp³-hybridized carbons (Fsp3) is 0.0196. The van der Waals surface area contributed by atoms with E-state index in [0.29, 0.717) is 0 Å². The van der Waals surface area contributed by atoms with Crippen LogP contribution in [0.2, 0.25) is 0 Å². The normalized spacial score (nSPS) is 13.4. The first-order valence-electron chi connectivity index (χ1n) is 18.3. The number of aromatic nitrogens is 2. The maximum Gasteiger partial charge on any atom is 0.0972 e. The summed E-state index contributed by atoms with van der Waals surface area (Å²) in [4.78, 5) is 10.1. The first kappa shape index (κ1) is 28.8. The first-order chi connectivity index (χ1) is 26.3. The predicted octanol–water partition coefficient (Wildman–Crippen LogP) is 12.8. The molecule has 244 valence electrons. The van der Waals surface area contributed by atoms with E-state index in [1.54, 1.807) is 0 Å². The SMILES string of the molecule is c1ccc(-c2cc3c(c4ccccc24)-c2c(ccc4ccccc24)C32c3ccccc3-c3ccccc32)c(-c2ccc3ccc4cccnc4c3n2)c1. The van der Waals surface area contributed by atoms with Gasteiger partial charge in [-0.1, -0.05) is 158 Å². The summed E-state index contributed by atoms with van der Waals surface area (Å²) in [6.07, 6.45) is 1.86. The zero-order valence-electron chi connectivity index (χ0n) is 28.7. The van der Waals surface area contributed by atoms with Gasteiger partial charge in [-0.3, -0.25) is 4.98 Å². The van der Waals surface area contributed by atoms with Gasteiger partial charge in [0.15, 0.2) is 0 Å². The van der Waals surface area contributed by atoms with E-state index in [9.17, 15) is 0 Å². The van der Waals surface area contributed by atoms with Crippen molar-refractivity contribution in [2.75, 3.05) is 0 Å². The number of nitrogens with zero attached hydrogens (tertiary/aromatic N) is 2. The second-order valence-electron chi connectivity index (χ2n) is 14.4. The van der Waals surface area contributed by atoms with E-state index < -0.39 is 5.41 Å². The largest absolute Gasteiger partial charge is 0.254 e. The Morgan fingerprint density at radius 3 is 1.70 bits per heavy atom. The predicted molar refractivity (Wildman–Crippen MR) is 219 cm³/mol. The molecule has 2 aliphatic carbocycles. The highest BCUT2D eigenvalue weighted by atomic mass is 14.8. The average Bonchev–Trinajstić information content (AvgIpc) is 3.71. The van der Waals surface area contributed by atoms with Gasteiger partial charge in [0.25, 0.3) is 0 Å². The molecule has 2 aromatic heterocycles. The van der Waals surface area contributed by atoms with Gasteiger partial charge < -0.3 is 0 Å². The molecule has 0 unspecified atom stereocenters. The molecule has 0 atom stereocenters. The van der Waals surface area contributed by atoms with Gasteiger partial charge in [0.2, 0.25) is 0 Å². The summed E-state index contributed by atoms with van der Waals surface area (Å²) in [5.74, 6) is 0. The van der Waals surface area contributed by atoms with Crippen LogP contribution in [0.15, 0.2) is 182 Å². The molecular formula is C51H30N2. The minimum Gasteiger partial charge on any atom is -0.254 e. The molecule has 0 bridgehead atoms. The van der Waals surface area contributed by atoms with Gasteiger partial charge in [-0.25, -0.2) is 4.98 Å². The van der Waals surface area contributed by atoms with Crippen LogP contribution < -0.4 is 0 Å². The minimum absolute atomic E-state index is 0.471. The molecular weight excluding hydrogens is 641 g/mol. The van der Waals surface area contributed by atoms with Crippen molar-refractivity contribution in [2.45, 2.75) is 5.41 Å². The summed E-state index contributed by atoms with van der Waals surface area (Å²) in [6.45, 7) is 0. The standard InChI is InChI=1S/C51H30N2/c1-2-14-34-31(12-1)25-27-44-47(34)48-40-20-6-4-16-36(40)41(30-45(48)51(44)42-21-9-7-17-37(42)38-18-8-10-22-43(38)51)35-15-3-5-19-39(35)46-28-26-33-24-23-32-13-11-29-52-49(32)50(33)53-46/h1-30H. The molecule has 0 fully saturated rings. The molecule has 12 rings (SSSR count). The maximum absolute atomic E-state index is 5.35. The fourth-order valence-electron chi connectivity index (χ4n) is 9.79. The Labute approximate surface area is 306 Å². The highest BCUT2D eigenvalue weighted by molar-refractivity contribution is 6.17. The van der Waals surface area contributed by atoms with Crippen molar-refractivity contribution in [3.8, 4) is 44.6 Å². The summed E-state index contributed by atoms with van der Waals surface area (Å²) >= 11 is 0. The van der Waals surface area contributed by atoms with Crippen LogP contribution in [-0.2, 0) is 5.41 Å². The number of hydrogen-bond donors (Lipinski definition) is 0. The van der Waals surface area contributed by atoms with Crippen LogP contribution in [-0.4, -0.2) is 9.97 Å². The van der Waals surface area contributed by atoms with Gasteiger partial charge in [-0.15, -0.1) is 0 Å². The summed E-state index contributed by atoms with van der Waals surface area (Å²) in [6, 6.07) is 64.9. The topological polar surface area (TPSA) is 25.8 Å². The first-order valence-corrected chi connectivity index (χ1v) is 18.3. The summed E-state index contributed by atoms with van der Waals surface area (Å²) in [5.41, 5.74) is 16.5. The summed E-state index contributed by atoms with van der Waals surface area (Å²) < 4.78 is 0. The third-order valence-electron chi connectivity index (χ3n) is 11.9. The highest BCUT2D eigenvalue weighted by Gasteiger charge is 2.52. The second-order valence-corrected chi connectivity index (χ2v) is 14.4. The summed E-state index contributed by atoms with van der Waals surface area (Å²) in [7, 11) is 0. The third-order valence-corrected chi connectivity index (χ3v) is 11.9. The number of rotatable bonds is 2. The van der Waals surface area contributed by atoms with Crippen LogP contribution in [0.5, 0.6) is 0 Å². The lowest BCUT2D eigenvalue weighted by Crippen LogP contribution is -2.26. The molecule has 1 spiro atoms. The quantitative estimate of drug-likeness (QED) is 0.171. The zero-order valence-corrected chi connectivity index (χ0v) is 28.7.